The fourth-order valence-corrected chi connectivity index (χ4v) is 8.56. The van der Waals surface area contributed by atoms with Crippen molar-refractivity contribution < 1.29 is 9.90 Å². The van der Waals surface area contributed by atoms with Gasteiger partial charge in [0.05, 0.1) is 5.60 Å². The van der Waals surface area contributed by atoms with Gasteiger partial charge in [0.25, 0.3) is 0 Å². The Hall–Kier alpha value is -1.15. The van der Waals surface area contributed by atoms with Crippen LogP contribution in [0.5, 0.6) is 0 Å². The van der Waals surface area contributed by atoms with Crippen molar-refractivity contribution >= 4 is 5.78 Å². The third-order valence-electron chi connectivity index (χ3n) is 10.5. The number of ketones is 1. The number of hydrogen-bond acceptors (Lipinski definition) is 2. The largest absolute Gasteiger partial charge is 0.389 e. The number of carbonyl (C=O) groups excluding carboxylic acids is 1. The van der Waals surface area contributed by atoms with Crippen molar-refractivity contribution in [2.24, 2.45) is 34.5 Å². The molecule has 1 aromatic rings. The maximum Gasteiger partial charge on any atom is 0.133 e. The maximum atomic E-state index is 12.1. The SMILES string of the molecule is C[C@]12CCC(=O)C[C@H]1CC[C@@H]1[C@@H]2CC[C@@]2(C)[C@H]1CC[C@@]2(O)CCc1ccccc1. The number of Topliss-reactive ketones (excluding diaryl/α,β-unsaturated/α-hetero) is 1. The third-order valence-corrected chi connectivity index (χ3v) is 10.5. The highest BCUT2D eigenvalue weighted by molar-refractivity contribution is 5.79. The molecule has 2 heteroatoms. The molecule has 4 saturated carbocycles. The van der Waals surface area contributed by atoms with Crippen molar-refractivity contribution in [3.8, 4) is 0 Å². The van der Waals surface area contributed by atoms with Gasteiger partial charge < -0.3 is 5.11 Å². The quantitative estimate of drug-likeness (QED) is 0.686. The highest BCUT2D eigenvalue weighted by atomic mass is 16.3. The highest BCUT2D eigenvalue weighted by Crippen LogP contribution is 2.68. The molecule has 0 unspecified atom stereocenters. The van der Waals surface area contributed by atoms with Gasteiger partial charge in [-0.1, -0.05) is 44.2 Å². The molecule has 0 aromatic heterocycles. The van der Waals surface area contributed by atoms with Gasteiger partial charge in [-0.3, -0.25) is 4.79 Å². The van der Waals surface area contributed by atoms with E-state index in [1.54, 1.807) is 0 Å². The van der Waals surface area contributed by atoms with E-state index in [0.29, 0.717) is 23.0 Å². The number of hydrogen-bond donors (Lipinski definition) is 1. The lowest BCUT2D eigenvalue weighted by Gasteiger charge is -2.61. The number of fused-ring (bicyclic) bond motifs is 5. The lowest BCUT2D eigenvalue weighted by Crippen LogP contribution is -2.56. The second kappa shape index (κ2) is 6.94. The summed E-state index contributed by atoms with van der Waals surface area (Å²) in [6, 6.07) is 10.7. The minimum Gasteiger partial charge on any atom is -0.389 e. The van der Waals surface area contributed by atoms with Crippen molar-refractivity contribution in [1.29, 1.82) is 0 Å². The zero-order valence-corrected chi connectivity index (χ0v) is 18.3. The third kappa shape index (κ3) is 2.96. The van der Waals surface area contributed by atoms with Crippen LogP contribution in [0.25, 0.3) is 0 Å². The summed E-state index contributed by atoms with van der Waals surface area (Å²) >= 11 is 0. The van der Waals surface area contributed by atoms with Crippen molar-refractivity contribution in [1.82, 2.24) is 0 Å². The van der Waals surface area contributed by atoms with Gasteiger partial charge in [-0.2, -0.15) is 0 Å². The second-order valence-corrected chi connectivity index (χ2v) is 11.4. The zero-order chi connectivity index (χ0) is 20.3. The predicted octanol–water partition coefficient (Wildman–Crippen LogP) is 5.96. The van der Waals surface area contributed by atoms with Crippen LogP contribution < -0.4 is 0 Å². The zero-order valence-electron chi connectivity index (χ0n) is 18.3. The van der Waals surface area contributed by atoms with Gasteiger partial charge in [0.15, 0.2) is 0 Å². The minimum atomic E-state index is -0.515. The van der Waals surface area contributed by atoms with Crippen LogP contribution in [0.2, 0.25) is 0 Å². The topological polar surface area (TPSA) is 37.3 Å². The molecule has 0 spiro atoms. The van der Waals surface area contributed by atoms with Crippen LogP contribution in [0.4, 0.5) is 0 Å². The molecule has 7 atom stereocenters. The van der Waals surface area contributed by atoms with E-state index in [1.807, 2.05) is 0 Å². The molecule has 0 aliphatic heterocycles. The van der Waals surface area contributed by atoms with Gasteiger partial charge >= 0.3 is 0 Å². The van der Waals surface area contributed by atoms with E-state index in [-0.39, 0.29) is 5.41 Å². The Labute approximate surface area is 176 Å². The molecule has 29 heavy (non-hydrogen) atoms. The smallest absolute Gasteiger partial charge is 0.133 e. The van der Waals surface area contributed by atoms with Crippen LogP contribution in [-0.4, -0.2) is 16.5 Å². The molecule has 0 heterocycles. The van der Waals surface area contributed by atoms with Gasteiger partial charge in [-0.25, -0.2) is 0 Å². The van der Waals surface area contributed by atoms with Gasteiger partial charge in [0.2, 0.25) is 0 Å². The Morgan fingerprint density at radius 3 is 2.52 bits per heavy atom. The lowest BCUT2D eigenvalue weighted by molar-refractivity contribution is -0.158. The normalized spacial score (nSPS) is 46.7. The molecule has 0 bridgehead atoms. The fourth-order valence-electron chi connectivity index (χ4n) is 8.56. The monoisotopic (exact) mass is 394 g/mol. The molecule has 0 radical (unpaired) electrons. The first-order chi connectivity index (χ1) is 13.9. The molecule has 4 aliphatic carbocycles. The van der Waals surface area contributed by atoms with Crippen LogP contribution >= 0.6 is 0 Å². The van der Waals surface area contributed by atoms with Crippen LogP contribution in [0, 0.1) is 34.5 Å². The van der Waals surface area contributed by atoms with Gasteiger partial charge in [0, 0.05) is 12.8 Å². The Kier molecular flexibility index (Phi) is 4.74. The summed E-state index contributed by atoms with van der Waals surface area (Å²) in [7, 11) is 0. The Morgan fingerprint density at radius 1 is 0.966 bits per heavy atom. The van der Waals surface area contributed by atoms with E-state index in [2.05, 4.69) is 44.2 Å². The molecule has 0 amide bonds. The Morgan fingerprint density at radius 2 is 1.72 bits per heavy atom. The summed E-state index contributed by atoms with van der Waals surface area (Å²) in [5.41, 5.74) is 1.26. The molecule has 1 aromatic carbocycles. The van der Waals surface area contributed by atoms with E-state index in [1.165, 1.54) is 37.7 Å². The van der Waals surface area contributed by atoms with E-state index in [0.717, 1.165) is 50.4 Å². The Balaban J connectivity index is 1.36. The molecule has 2 nitrogen and oxygen atoms in total. The van der Waals surface area contributed by atoms with Gasteiger partial charge in [0.1, 0.15) is 5.78 Å². The number of aryl methyl sites for hydroxylation is 1. The standard InChI is InChI=1S/C27H38O2/c1-25-14-11-21(28)18-20(25)8-9-22-23(25)12-15-26(2)24(22)13-17-27(26,29)16-10-19-6-4-3-5-7-19/h3-7,20,22-24,29H,8-18H2,1-2H3/t20-,22-,23+,24+,25+,26+,27+/m1/s1. The molecule has 4 fully saturated rings. The van der Waals surface area contributed by atoms with Crippen LogP contribution in [0.3, 0.4) is 0 Å². The van der Waals surface area contributed by atoms with Crippen molar-refractivity contribution in [3.05, 3.63) is 35.9 Å². The molecule has 0 saturated heterocycles. The average Bonchev–Trinajstić information content (AvgIpc) is 2.99. The molecular formula is C27H38O2. The van der Waals surface area contributed by atoms with E-state index >= 15 is 0 Å². The molecule has 4 aliphatic rings. The summed E-state index contributed by atoms with van der Waals surface area (Å²) < 4.78 is 0. The fraction of sp³-hybridized carbons (Fsp3) is 0.741. The van der Waals surface area contributed by atoms with Crippen LogP contribution in [0.1, 0.15) is 83.6 Å². The molecule has 158 valence electrons. The van der Waals surface area contributed by atoms with Gasteiger partial charge in [-0.05, 0) is 97.9 Å². The van der Waals surface area contributed by atoms with Crippen molar-refractivity contribution in [3.63, 3.8) is 0 Å². The minimum absolute atomic E-state index is 0.0661. The summed E-state index contributed by atoms with van der Waals surface area (Å²) in [6.45, 7) is 4.94. The first kappa shape index (κ1) is 19.8. The summed E-state index contributed by atoms with van der Waals surface area (Å²) in [6.07, 6.45) is 11.7. The number of benzene rings is 1. The number of rotatable bonds is 3. The molecule has 1 N–H and O–H groups in total. The molecular weight excluding hydrogens is 356 g/mol. The van der Waals surface area contributed by atoms with Crippen LogP contribution in [0.15, 0.2) is 30.3 Å². The lowest BCUT2D eigenvalue weighted by atomic mass is 9.44. The predicted molar refractivity (Wildman–Crippen MR) is 116 cm³/mol. The summed E-state index contributed by atoms with van der Waals surface area (Å²) in [4.78, 5) is 12.1. The second-order valence-electron chi connectivity index (χ2n) is 11.4. The first-order valence-electron chi connectivity index (χ1n) is 12.1. The van der Waals surface area contributed by atoms with Crippen LogP contribution in [-0.2, 0) is 11.2 Å². The van der Waals surface area contributed by atoms with Gasteiger partial charge in [-0.15, -0.1) is 0 Å². The number of carbonyl (C=O) groups is 1. The maximum absolute atomic E-state index is 12.1. The first-order valence-corrected chi connectivity index (χ1v) is 12.1. The molecule has 5 rings (SSSR count). The Bertz CT molecular complexity index is 772. The average molecular weight is 395 g/mol. The van der Waals surface area contributed by atoms with Crippen molar-refractivity contribution in [2.45, 2.75) is 90.1 Å². The summed E-state index contributed by atoms with van der Waals surface area (Å²) in [5.74, 6) is 3.31. The van der Waals surface area contributed by atoms with E-state index in [4.69, 9.17) is 0 Å². The van der Waals surface area contributed by atoms with E-state index < -0.39 is 5.60 Å². The van der Waals surface area contributed by atoms with Crippen molar-refractivity contribution in [2.75, 3.05) is 0 Å². The summed E-state index contributed by atoms with van der Waals surface area (Å²) in [5, 5.41) is 11.9. The number of aliphatic hydroxyl groups is 1. The van der Waals surface area contributed by atoms with E-state index in [9.17, 15) is 9.90 Å². The highest BCUT2D eigenvalue weighted by Gasteiger charge is 2.64.